The van der Waals surface area contributed by atoms with Gasteiger partial charge in [-0.25, -0.2) is 9.37 Å². The van der Waals surface area contributed by atoms with Crippen LogP contribution in [0, 0.1) is 5.82 Å². The number of aromatic nitrogens is 1. The van der Waals surface area contributed by atoms with Gasteiger partial charge in [0, 0.05) is 30.9 Å². The highest BCUT2D eigenvalue weighted by Gasteiger charge is 2.11. The first kappa shape index (κ1) is 14.4. The third kappa shape index (κ3) is 3.76. The molecule has 0 bridgehead atoms. The van der Waals surface area contributed by atoms with E-state index in [1.165, 1.54) is 6.07 Å². The molecule has 2 aromatic rings. The first-order valence-electron chi connectivity index (χ1n) is 6.33. The number of aliphatic hydroxyl groups is 1. The lowest BCUT2D eigenvalue weighted by molar-refractivity contribution is 0.169. The van der Waals surface area contributed by atoms with Crippen LogP contribution in [-0.4, -0.2) is 23.7 Å². The van der Waals surface area contributed by atoms with E-state index in [2.05, 4.69) is 10.3 Å². The van der Waals surface area contributed by atoms with Crippen molar-refractivity contribution in [2.24, 2.45) is 0 Å². The van der Waals surface area contributed by atoms with Crippen LogP contribution in [0.4, 0.5) is 4.39 Å². The molecule has 0 aliphatic carbocycles. The van der Waals surface area contributed by atoms with E-state index in [1.807, 2.05) is 6.07 Å². The van der Waals surface area contributed by atoms with Gasteiger partial charge in [0.2, 0.25) is 5.88 Å². The van der Waals surface area contributed by atoms with Gasteiger partial charge in [-0.2, -0.15) is 0 Å². The second-order valence-corrected chi connectivity index (χ2v) is 4.38. The van der Waals surface area contributed by atoms with E-state index in [9.17, 15) is 9.50 Å². The lowest BCUT2D eigenvalue weighted by Gasteiger charge is -2.13. The van der Waals surface area contributed by atoms with Crippen molar-refractivity contribution < 1.29 is 14.2 Å². The average Bonchev–Trinajstić information content (AvgIpc) is 2.48. The minimum atomic E-state index is -0.873. The van der Waals surface area contributed by atoms with Crippen molar-refractivity contribution in [3.63, 3.8) is 0 Å². The Kier molecular flexibility index (Phi) is 5.03. The molecule has 106 valence electrons. The maximum atomic E-state index is 13.5. The molecular weight excluding hydrogens is 259 g/mol. The van der Waals surface area contributed by atoms with E-state index < -0.39 is 11.9 Å². The fraction of sp³-hybridized carbons (Fsp3) is 0.267. The predicted molar refractivity (Wildman–Crippen MR) is 73.9 cm³/mol. The van der Waals surface area contributed by atoms with E-state index >= 15 is 0 Å². The fourth-order valence-corrected chi connectivity index (χ4v) is 1.84. The number of hydrogen-bond donors (Lipinski definition) is 2. The van der Waals surface area contributed by atoms with Crippen molar-refractivity contribution in [3.05, 3.63) is 59.5 Å². The Labute approximate surface area is 117 Å². The molecule has 0 amide bonds. The fourth-order valence-electron chi connectivity index (χ4n) is 1.84. The monoisotopic (exact) mass is 276 g/mol. The number of nitrogens with one attached hydrogen (secondary N) is 1. The third-order valence-corrected chi connectivity index (χ3v) is 2.94. The molecule has 1 unspecified atom stereocenters. The second-order valence-electron chi connectivity index (χ2n) is 4.38. The number of nitrogens with zero attached hydrogens (tertiary/aromatic N) is 1. The highest BCUT2D eigenvalue weighted by atomic mass is 19.1. The van der Waals surface area contributed by atoms with Gasteiger partial charge in [-0.1, -0.05) is 24.3 Å². The summed E-state index contributed by atoms with van der Waals surface area (Å²) in [6, 6.07) is 9.87. The lowest BCUT2D eigenvalue weighted by atomic mass is 10.1. The van der Waals surface area contributed by atoms with Gasteiger partial charge in [0.05, 0.1) is 13.2 Å². The standard InChI is InChI=1S/C15H17FN2O2/c1-20-15-7-6-11(9-18-15)8-17-10-14(19)12-4-2-3-5-13(12)16/h2-7,9,14,17,19H,8,10H2,1H3. The number of hydrogen-bond acceptors (Lipinski definition) is 4. The number of aliphatic hydroxyl groups excluding tert-OH is 1. The van der Waals surface area contributed by atoms with Crippen molar-refractivity contribution in [3.8, 4) is 5.88 Å². The van der Waals surface area contributed by atoms with Crippen molar-refractivity contribution in [1.29, 1.82) is 0 Å². The minimum absolute atomic E-state index is 0.271. The quantitative estimate of drug-likeness (QED) is 0.848. The molecule has 1 aromatic heterocycles. The van der Waals surface area contributed by atoms with Crippen LogP contribution in [0.1, 0.15) is 17.2 Å². The summed E-state index contributed by atoms with van der Waals surface area (Å²) >= 11 is 0. The molecule has 0 aliphatic rings. The SMILES string of the molecule is COc1ccc(CNCC(O)c2ccccc2F)cn1. The maximum absolute atomic E-state index is 13.5. The maximum Gasteiger partial charge on any atom is 0.212 e. The summed E-state index contributed by atoms with van der Waals surface area (Å²) in [5, 5.41) is 13.0. The summed E-state index contributed by atoms with van der Waals surface area (Å²) in [5.41, 5.74) is 1.26. The topological polar surface area (TPSA) is 54.4 Å². The molecule has 1 aromatic carbocycles. The van der Waals surface area contributed by atoms with Gasteiger partial charge in [-0.05, 0) is 11.6 Å². The average molecular weight is 276 g/mol. The van der Waals surface area contributed by atoms with E-state index in [0.29, 0.717) is 18.0 Å². The summed E-state index contributed by atoms with van der Waals surface area (Å²) in [5.74, 6) is 0.160. The molecule has 4 nitrogen and oxygen atoms in total. The van der Waals surface area contributed by atoms with Crippen molar-refractivity contribution in [2.45, 2.75) is 12.6 Å². The molecule has 0 saturated carbocycles. The zero-order chi connectivity index (χ0) is 14.4. The van der Waals surface area contributed by atoms with Crippen LogP contribution >= 0.6 is 0 Å². The van der Waals surface area contributed by atoms with Gasteiger partial charge in [0.1, 0.15) is 5.82 Å². The summed E-state index contributed by atoms with van der Waals surface area (Å²) in [6.07, 6.45) is 0.823. The van der Waals surface area contributed by atoms with Crippen LogP contribution in [0.25, 0.3) is 0 Å². The predicted octanol–water partition coefficient (Wildman–Crippen LogP) is 2.05. The van der Waals surface area contributed by atoms with Crippen LogP contribution in [-0.2, 0) is 6.54 Å². The van der Waals surface area contributed by atoms with Gasteiger partial charge >= 0.3 is 0 Å². The Bertz CT molecular complexity index is 546. The van der Waals surface area contributed by atoms with Gasteiger partial charge in [0.25, 0.3) is 0 Å². The minimum Gasteiger partial charge on any atom is -0.481 e. The second kappa shape index (κ2) is 6.98. The van der Waals surface area contributed by atoms with Gasteiger partial charge in [-0.3, -0.25) is 0 Å². The highest BCUT2D eigenvalue weighted by molar-refractivity contribution is 5.20. The Morgan fingerprint density at radius 1 is 1.30 bits per heavy atom. The zero-order valence-corrected chi connectivity index (χ0v) is 11.2. The van der Waals surface area contributed by atoms with E-state index in [4.69, 9.17) is 4.74 Å². The normalized spacial score (nSPS) is 12.2. The van der Waals surface area contributed by atoms with Crippen LogP contribution < -0.4 is 10.1 Å². The number of halogens is 1. The molecule has 1 heterocycles. The van der Waals surface area contributed by atoms with Crippen LogP contribution in [0.5, 0.6) is 5.88 Å². The van der Waals surface area contributed by atoms with Crippen LogP contribution in [0.2, 0.25) is 0 Å². The van der Waals surface area contributed by atoms with Crippen LogP contribution in [0.15, 0.2) is 42.6 Å². The Balaban J connectivity index is 1.84. The molecule has 0 aliphatic heterocycles. The zero-order valence-electron chi connectivity index (χ0n) is 11.2. The number of pyridine rings is 1. The largest absolute Gasteiger partial charge is 0.481 e. The summed E-state index contributed by atoms with van der Waals surface area (Å²) in [4.78, 5) is 4.08. The molecule has 0 spiro atoms. The first-order valence-corrected chi connectivity index (χ1v) is 6.33. The molecule has 2 rings (SSSR count). The Morgan fingerprint density at radius 3 is 2.75 bits per heavy atom. The van der Waals surface area contributed by atoms with E-state index in [1.54, 1.807) is 37.6 Å². The molecule has 0 fully saturated rings. The third-order valence-electron chi connectivity index (χ3n) is 2.94. The van der Waals surface area contributed by atoms with Crippen LogP contribution in [0.3, 0.4) is 0 Å². The summed E-state index contributed by atoms with van der Waals surface area (Å²) in [6.45, 7) is 0.815. The molecule has 2 N–H and O–H groups in total. The molecule has 0 radical (unpaired) electrons. The van der Waals surface area contributed by atoms with E-state index in [-0.39, 0.29) is 6.54 Å². The Morgan fingerprint density at radius 2 is 2.10 bits per heavy atom. The summed E-state index contributed by atoms with van der Waals surface area (Å²) < 4.78 is 18.4. The summed E-state index contributed by atoms with van der Waals surface area (Å²) in [7, 11) is 1.56. The number of benzene rings is 1. The smallest absolute Gasteiger partial charge is 0.212 e. The van der Waals surface area contributed by atoms with Crippen molar-refractivity contribution in [1.82, 2.24) is 10.3 Å². The molecule has 0 saturated heterocycles. The molecule has 1 atom stereocenters. The number of rotatable bonds is 6. The molecule has 5 heteroatoms. The molecule has 20 heavy (non-hydrogen) atoms. The highest BCUT2D eigenvalue weighted by Crippen LogP contribution is 2.15. The first-order chi connectivity index (χ1) is 9.70. The van der Waals surface area contributed by atoms with E-state index in [0.717, 1.165) is 5.56 Å². The number of methoxy groups -OCH3 is 1. The van der Waals surface area contributed by atoms with Gasteiger partial charge in [0.15, 0.2) is 0 Å². The van der Waals surface area contributed by atoms with Gasteiger partial charge < -0.3 is 15.2 Å². The van der Waals surface area contributed by atoms with Gasteiger partial charge in [-0.15, -0.1) is 0 Å². The lowest BCUT2D eigenvalue weighted by Crippen LogP contribution is -2.21. The van der Waals surface area contributed by atoms with Crippen molar-refractivity contribution >= 4 is 0 Å². The van der Waals surface area contributed by atoms with Crippen molar-refractivity contribution in [2.75, 3.05) is 13.7 Å². The Hall–Kier alpha value is -1.98. The number of ether oxygens (including phenoxy) is 1. The molecular formula is C15H17FN2O2.